The second kappa shape index (κ2) is 6.42. The summed E-state index contributed by atoms with van der Waals surface area (Å²) in [5, 5.41) is 7.82. The largest absolute Gasteiger partial charge is 0.495 e. The van der Waals surface area contributed by atoms with Gasteiger partial charge < -0.3 is 14.8 Å². The van der Waals surface area contributed by atoms with Crippen molar-refractivity contribution in [2.24, 2.45) is 11.1 Å². The van der Waals surface area contributed by atoms with Gasteiger partial charge in [-0.05, 0) is 31.0 Å². The lowest BCUT2D eigenvalue weighted by molar-refractivity contribution is -0.123. The van der Waals surface area contributed by atoms with Gasteiger partial charge in [-0.15, -0.1) is 0 Å². The second-order valence-corrected chi connectivity index (χ2v) is 6.34. The number of hydrogen-bond acceptors (Lipinski definition) is 5. The molecule has 1 aromatic rings. The van der Waals surface area contributed by atoms with Crippen LogP contribution in [0.25, 0.3) is 0 Å². The first-order valence-electron chi connectivity index (χ1n) is 6.51. The molecule has 1 fully saturated rings. The third kappa shape index (κ3) is 3.93. The lowest BCUT2D eigenvalue weighted by atomic mass is 10.0. The molecular weight excluding hydrogens is 296 g/mol. The van der Waals surface area contributed by atoms with E-state index in [4.69, 9.17) is 14.6 Å². The van der Waals surface area contributed by atoms with E-state index in [0.717, 1.165) is 12.8 Å². The van der Waals surface area contributed by atoms with Crippen molar-refractivity contribution in [3.63, 3.8) is 0 Å². The number of methoxy groups -OCH3 is 1. The summed E-state index contributed by atoms with van der Waals surface area (Å²) in [7, 11) is -2.58. The molecule has 1 heterocycles. The lowest BCUT2D eigenvalue weighted by Crippen LogP contribution is -2.30. The van der Waals surface area contributed by atoms with Gasteiger partial charge in [-0.25, -0.2) is 13.6 Å². The van der Waals surface area contributed by atoms with Crippen LogP contribution in [0.5, 0.6) is 5.75 Å². The van der Waals surface area contributed by atoms with E-state index < -0.39 is 10.0 Å². The van der Waals surface area contributed by atoms with Crippen molar-refractivity contribution >= 4 is 21.6 Å². The van der Waals surface area contributed by atoms with Crippen molar-refractivity contribution in [2.45, 2.75) is 17.7 Å². The van der Waals surface area contributed by atoms with Gasteiger partial charge in [0.25, 0.3) is 0 Å². The fourth-order valence-electron chi connectivity index (χ4n) is 2.17. The predicted octanol–water partition coefficient (Wildman–Crippen LogP) is 0.708. The SMILES string of the molecule is COc1ccc(NC(=O)C2CCCOC2)cc1S(N)(=O)=O. The normalized spacial score (nSPS) is 19.0. The summed E-state index contributed by atoms with van der Waals surface area (Å²) in [4.78, 5) is 11.9. The van der Waals surface area contributed by atoms with Crippen molar-refractivity contribution in [1.82, 2.24) is 0 Å². The summed E-state index contributed by atoms with van der Waals surface area (Å²) >= 11 is 0. The van der Waals surface area contributed by atoms with Crippen LogP contribution < -0.4 is 15.2 Å². The average molecular weight is 314 g/mol. The molecule has 1 amide bonds. The van der Waals surface area contributed by atoms with Gasteiger partial charge >= 0.3 is 0 Å². The third-order valence-corrected chi connectivity index (χ3v) is 4.20. The van der Waals surface area contributed by atoms with Crippen molar-refractivity contribution in [3.8, 4) is 5.75 Å². The van der Waals surface area contributed by atoms with E-state index >= 15 is 0 Å². The molecule has 8 heteroatoms. The minimum Gasteiger partial charge on any atom is -0.495 e. The molecule has 0 radical (unpaired) electrons. The standard InChI is InChI=1S/C13H18N2O5S/c1-19-11-5-4-10(7-12(11)21(14,17)18)15-13(16)9-3-2-6-20-8-9/h4-5,7,9H,2-3,6,8H2,1H3,(H,15,16)(H2,14,17,18). The number of carbonyl (C=O) groups is 1. The first-order valence-corrected chi connectivity index (χ1v) is 8.06. The molecule has 0 aromatic heterocycles. The van der Waals surface area contributed by atoms with E-state index in [1.165, 1.54) is 19.2 Å². The number of hydrogen-bond donors (Lipinski definition) is 2. The van der Waals surface area contributed by atoms with Gasteiger partial charge in [-0.2, -0.15) is 0 Å². The van der Waals surface area contributed by atoms with Gasteiger partial charge in [0.15, 0.2) is 0 Å². The first-order chi connectivity index (χ1) is 9.91. The van der Waals surface area contributed by atoms with Gasteiger partial charge in [0.1, 0.15) is 10.6 Å². The van der Waals surface area contributed by atoms with Crippen LogP contribution in [0.15, 0.2) is 23.1 Å². The van der Waals surface area contributed by atoms with Gasteiger partial charge in [0.2, 0.25) is 15.9 Å². The average Bonchev–Trinajstić information content (AvgIpc) is 2.47. The van der Waals surface area contributed by atoms with Gasteiger partial charge in [0.05, 0.1) is 19.6 Å². The number of ether oxygens (including phenoxy) is 2. The summed E-state index contributed by atoms with van der Waals surface area (Å²) in [5.74, 6) is -0.282. The maximum Gasteiger partial charge on any atom is 0.241 e. The van der Waals surface area contributed by atoms with E-state index in [1.54, 1.807) is 6.07 Å². The molecule has 0 aliphatic carbocycles. The Morgan fingerprint density at radius 3 is 2.81 bits per heavy atom. The molecule has 116 valence electrons. The molecule has 1 atom stereocenters. The molecule has 1 aromatic carbocycles. The lowest BCUT2D eigenvalue weighted by Gasteiger charge is -2.21. The number of rotatable bonds is 4. The molecule has 3 N–H and O–H groups in total. The van der Waals surface area contributed by atoms with E-state index in [9.17, 15) is 13.2 Å². The molecule has 0 bridgehead atoms. The van der Waals surface area contributed by atoms with Crippen molar-refractivity contribution < 1.29 is 22.7 Å². The van der Waals surface area contributed by atoms with Crippen LogP contribution in [0.4, 0.5) is 5.69 Å². The molecule has 2 rings (SSSR count). The molecule has 0 saturated carbocycles. The number of primary sulfonamides is 1. The molecule has 0 spiro atoms. The highest BCUT2D eigenvalue weighted by atomic mass is 32.2. The maximum absolute atomic E-state index is 12.1. The Morgan fingerprint density at radius 1 is 1.48 bits per heavy atom. The molecule has 1 aliphatic rings. The number of benzene rings is 1. The van der Waals surface area contributed by atoms with Crippen LogP contribution in [0.3, 0.4) is 0 Å². The summed E-state index contributed by atoms with van der Waals surface area (Å²) < 4.78 is 33.2. The quantitative estimate of drug-likeness (QED) is 0.851. The minimum absolute atomic E-state index is 0.136. The number of carbonyl (C=O) groups excluding carboxylic acids is 1. The highest BCUT2D eigenvalue weighted by molar-refractivity contribution is 7.89. The summed E-state index contributed by atoms with van der Waals surface area (Å²) in [5.41, 5.74) is 0.357. The Hall–Kier alpha value is -1.64. The Balaban J connectivity index is 2.19. The smallest absolute Gasteiger partial charge is 0.241 e. The molecule has 1 unspecified atom stereocenters. The number of nitrogens with two attached hydrogens (primary N) is 1. The van der Waals surface area contributed by atoms with Gasteiger partial charge in [-0.1, -0.05) is 0 Å². The van der Waals surface area contributed by atoms with Gasteiger partial charge in [-0.3, -0.25) is 4.79 Å². The predicted molar refractivity (Wildman–Crippen MR) is 76.5 cm³/mol. The van der Waals surface area contributed by atoms with Crippen molar-refractivity contribution in [1.29, 1.82) is 0 Å². The molecular formula is C13H18N2O5S. The Labute approximate surface area is 123 Å². The second-order valence-electron chi connectivity index (χ2n) is 4.81. The Bertz CT molecular complexity index is 623. The van der Waals surface area contributed by atoms with Gasteiger partial charge in [0, 0.05) is 12.3 Å². The van der Waals surface area contributed by atoms with Crippen LogP contribution in [0.1, 0.15) is 12.8 Å². The van der Waals surface area contributed by atoms with E-state index in [2.05, 4.69) is 5.32 Å². The number of nitrogens with one attached hydrogen (secondary N) is 1. The summed E-state index contributed by atoms with van der Waals surface area (Å²) in [6.45, 7) is 1.05. The van der Waals surface area contributed by atoms with Crippen LogP contribution >= 0.6 is 0 Å². The Kier molecular flexibility index (Phi) is 4.81. The van der Waals surface area contributed by atoms with Crippen LogP contribution in [0.2, 0.25) is 0 Å². The zero-order valence-corrected chi connectivity index (χ0v) is 12.5. The fraction of sp³-hybridized carbons (Fsp3) is 0.462. The molecule has 21 heavy (non-hydrogen) atoms. The molecule has 1 aliphatic heterocycles. The zero-order valence-electron chi connectivity index (χ0n) is 11.7. The number of sulfonamides is 1. The topological polar surface area (TPSA) is 108 Å². The number of anilines is 1. The molecule has 7 nitrogen and oxygen atoms in total. The highest BCUT2D eigenvalue weighted by Gasteiger charge is 2.23. The van der Waals surface area contributed by atoms with Crippen LogP contribution in [0, 0.1) is 5.92 Å². The highest BCUT2D eigenvalue weighted by Crippen LogP contribution is 2.26. The van der Waals surface area contributed by atoms with E-state index in [1.807, 2.05) is 0 Å². The van der Waals surface area contributed by atoms with Crippen LogP contribution in [-0.2, 0) is 19.6 Å². The fourth-order valence-corrected chi connectivity index (χ4v) is 2.89. The van der Waals surface area contributed by atoms with Crippen molar-refractivity contribution in [2.75, 3.05) is 25.6 Å². The summed E-state index contributed by atoms with van der Waals surface area (Å²) in [6, 6.07) is 4.30. The van der Waals surface area contributed by atoms with Crippen LogP contribution in [-0.4, -0.2) is 34.6 Å². The summed E-state index contributed by atoms with van der Waals surface area (Å²) in [6.07, 6.45) is 1.59. The van der Waals surface area contributed by atoms with E-state index in [0.29, 0.717) is 18.9 Å². The van der Waals surface area contributed by atoms with Crippen molar-refractivity contribution in [3.05, 3.63) is 18.2 Å². The number of amides is 1. The zero-order chi connectivity index (χ0) is 15.5. The Morgan fingerprint density at radius 2 is 2.24 bits per heavy atom. The molecule has 1 saturated heterocycles. The maximum atomic E-state index is 12.1. The third-order valence-electron chi connectivity index (χ3n) is 3.27. The minimum atomic E-state index is -3.93. The monoisotopic (exact) mass is 314 g/mol. The van der Waals surface area contributed by atoms with E-state index in [-0.39, 0.29) is 22.5 Å². The first kappa shape index (κ1) is 15.7.